The molecule has 0 spiro atoms. The average molecular weight is 459 g/mol. The number of amides is 1. The maximum absolute atomic E-state index is 12.7. The zero-order valence-electron chi connectivity index (χ0n) is 18.0. The van der Waals surface area contributed by atoms with Crippen molar-refractivity contribution in [2.24, 2.45) is 0 Å². The molecule has 3 N–H and O–H groups in total. The van der Waals surface area contributed by atoms with Crippen molar-refractivity contribution in [1.29, 1.82) is 0 Å². The number of morpholine rings is 1. The highest BCUT2D eigenvalue weighted by molar-refractivity contribution is 7.80. The molecule has 0 aliphatic carbocycles. The van der Waals surface area contributed by atoms with Crippen molar-refractivity contribution < 1.29 is 19.6 Å². The summed E-state index contributed by atoms with van der Waals surface area (Å²) in [6, 6.07) is 9.52. The van der Waals surface area contributed by atoms with Crippen molar-refractivity contribution in [3.63, 3.8) is 0 Å². The smallest absolute Gasteiger partial charge is 0.293 e. The molecule has 1 aliphatic heterocycles. The zero-order valence-corrected chi connectivity index (χ0v) is 18.8. The largest absolute Gasteiger partial charge is 0.506 e. The van der Waals surface area contributed by atoms with E-state index in [0.717, 1.165) is 12.0 Å². The lowest BCUT2D eigenvalue weighted by atomic mass is 9.98. The first-order valence-corrected chi connectivity index (χ1v) is 10.8. The number of thiocarbonyl (C=S) groups is 1. The third-order valence-corrected chi connectivity index (χ3v) is 5.67. The van der Waals surface area contributed by atoms with Gasteiger partial charge in [-0.25, -0.2) is 0 Å². The zero-order chi connectivity index (χ0) is 23.3. The Morgan fingerprint density at radius 3 is 2.66 bits per heavy atom. The van der Waals surface area contributed by atoms with Gasteiger partial charge in [0.2, 0.25) is 0 Å². The molecule has 1 atom stereocenters. The topological polar surface area (TPSA) is 117 Å². The lowest BCUT2D eigenvalue weighted by Gasteiger charge is -2.28. The maximum Gasteiger partial charge on any atom is 0.293 e. The van der Waals surface area contributed by atoms with Gasteiger partial charge in [-0.05, 0) is 54.4 Å². The normalized spacial score (nSPS) is 14.5. The van der Waals surface area contributed by atoms with Gasteiger partial charge >= 0.3 is 0 Å². The number of carbonyl (C=O) groups is 1. The highest BCUT2D eigenvalue weighted by atomic mass is 32.1. The molecule has 2 aromatic carbocycles. The summed E-state index contributed by atoms with van der Waals surface area (Å²) in [4.78, 5) is 25.6. The van der Waals surface area contributed by atoms with Crippen LogP contribution in [0.5, 0.6) is 5.75 Å². The minimum Gasteiger partial charge on any atom is -0.506 e. The van der Waals surface area contributed by atoms with Crippen molar-refractivity contribution in [2.75, 3.05) is 36.5 Å². The Bertz CT molecular complexity index is 1020. The highest BCUT2D eigenvalue weighted by Gasteiger charge is 2.23. The second kappa shape index (κ2) is 10.4. The Morgan fingerprint density at radius 2 is 2.00 bits per heavy atom. The van der Waals surface area contributed by atoms with E-state index in [9.17, 15) is 20.0 Å². The summed E-state index contributed by atoms with van der Waals surface area (Å²) in [5.74, 6) is -0.291. The number of hydrogen-bond donors (Lipinski definition) is 3. The molecule has 0 bridgehead atoms. The van der Waals surface area contributed by atoms with Crippen molar-refractivity contribution in [2.45, 2.75) is 26.2 Å². The molecule has 32 heavy (non-hydrogen) atoms. The van der Waals surface area contributed by atoms with Gasteiger partial charge in [-0.2, -0.15) is 0 Å². The molecule has 0 unspecified atom stereocenters. The number of anilines is 2. The fourth-order valence-electron chi connectivity index (χ4n) is 3.41. The van der Waals surface area contributed by atoms with E-state index < -0.39 is 10.8 Å². The van der Waals surface area contributed by atoms with E-state index in [4.69, 9.17) is 17.0 Å². The second-order valence-corrected chi connectivity index (χ2v) is 7.96. The van der Waals surface area contributed by atoms with Gasteiger partial charge in [-0.1, -0.05) is 19.9 Å². The molecule has 3 rings (SSSR count). The molecule has 0 radical (unpaired) electrons. The fourth-order valence-corrected chi connectivity index (χ4v) is 3.61. The minimum absolute atomic E-state index is 0.000783. The summed E-state index contributed by atoms with van der Waals surface area (Å²) in [7, 11) is 0. The molecule has 2 aromatic rings. The predicted octanol–water partition coefficient (Wildman–Crippen LogP) is 3.78. The van der Waals surface area contributed by atoms with Crippen molar-refractivity contribution >= 4 is 40.3 Å². The van der Waals surface area contributed by atoms with E-state index in [1.165, 1.54) is 12.1 Å². The lowest BCUT2D eigenvalue weighted by Crippen LogP contribution is -2.37. The SMILES string of the molecule is CC[C@H](C)c1ccc(O)c(NC(=S)NC(=O)c2ccc(N3CCOCC3)c([N+](=O)[O-])c2)c1. The van der Waals surface area contributed by atoms with Gasteiger partial charge in [0, 0.05) is 24.7 Å². The Morgan fingerprint density at radius 1 is 1.28 bits per heavy atom. The molecule has 1 heterocycles. The fraction of sp³-hybridized carbons (Fsp3) is 0.364. The Hall–Kier alpha value is -3.24. The molecule has 0 aromatic heterocycles. The van der Waals surface area contributed by atoms with Gasteiger partial charge < -0.3 is 20.1 Å². The van der Waals surface area contributed by atoms with Crippen molar-refractivity contribution in [3.8, 4) is 5.75 Å². The quantitative estimate of drug-likeness (QED) is 0.259. The first kappa shape index (κ1) is 23.4. The summed E-state index contributed by atoms with van der Waals surface area (Å²) in [6.07, 6.45) is 0.935. The van der Waals surface area contributed by atoms with Gasteiger partial charge in [0.15, 0.2) is 5.11 Å². The number of nitro groups is 1. The maximum atomic E-state index is 12.7. The van der Waals surface area contributed by atoms with Crippen LogP contribution in [0.25, 0.3) is 0 Å². The molecule has 1 fully saturated rings. The van der Waals surface area contributed by atoms with Crippen LogP contribution < -0.4 is 15.5 Å². The van der Waals surface area contributed by atoms with E-state index in [1.807, 2.05) is 11.0 Å². The number of rotatable bonds is 6. The van der Waals surface area contributed by atoms with Crippen LogP contribution in [-0.2, 0) is 4.74 Å². The number of nitrogens with one attached hydrogen (secondary N) is 2. The number of ether oxygens (including phenoxy) is 1. The minimum atomic E-state index is -0.586. The monoisotopic (exact) mass is 458 g/mol. The van der Waals surface area contributed by atoms with Crippen LogP contribution in [-0.4, -0.2) is 47.4 Å². The van der Waals surface area contributed by atoms with Gasteiger partial charge in [0.25, 0.3) is 11.6 Å². The summed E-state index contributed by atoms with van der Waals surface area (Å²) in [5.41, 5.74) is 1.80. The Kier molecular flexibility index (Phi) is 7.60. The molecular formula is C22H26N4O5S. The number of nitrogens with zero attached hydrogens (tertiary/aromatic N) is 2. The number of phenolic OH excluding ortho intramolecular Hbond substituents is 1. The van der Waals surface area contributed by atoms with Crippen LogP contribution in [0, 0.1) is 10.1 Å². The van der Waals surface area contributed by atoms with Gasteiger partial charge in [0.05, 0.1) is 23.8 Å². The summed E-state index contributed by atoms with van der Waals surface area (Å²) < 4.78 is 5.30. The van der Waals surface area contributed by atoms with Crippen LogP contribution in [0.2, 0.25) is 0 Å². The number of benzene rings is 2. The van der Waals surface area contributed by atoms with Crippen molar-refractivity contribution in [1.82, 2.24) is 5.32 Å². The summed E-state index contributed by atoms with van der Waals surface area (Å²) in [6.45, 7) is 6.21. The van der Waals surface area contributed by atoms with Crippen LogP contribution in [0.4, 0.5) is 17.1 Å². The number of nitro benzene ring substituents is 1. The molecule has 1 amide bonds. The van der Waals surface area contributed by atoms with Crippen LogP contribution in [0.3, 0.4) is 0 Å². The predicted molar refractivity (Wildman–Crippen MR) is 127 cm³/mol. The van der Waals surface area contributed by atoms with E-state index in [2.05, 4.69) is 24.5 Å². The molecule has 10 heteroatoms. The molecule has 1 saturated heterocycles. The van der Waals surface area contributed by atoms with Crippen LogP contribution in [0.15, 0.2) is 36.4 Å². The lowest BCUT2D eigenvalue weighted by molar-refractivity contribution is -0.384. The van der Waals surface area contributed by atoms with Gasteiger partial charge in [-0.15, -0.1) is 0 Å². The van der Waals surface area contributed by atoms with Gasteiger partial charge in [0.1, 0.15) is 11.4 Å². The van der Waals surface area contributed by atoms with Gasteiger partial charge in [-0.3, -0.25) is 20.2 Å². The summed E-state index contributed by atoms with van der Waals surface area (Å²) >= 11 is 5.21. The standard InChI is InChI=1S/C22H26N4O5S/c1-3-14(2)15-5-7-20(27)17(12-15)23-22(32)24-21(28)16-4-6-18(19(13-16)26(29)30)25-8-10-31-11-9-25/h4-7,12-14,27H,3,8-11H2,1-2H3,(H2,23,24,28,32)/t14-/m0/s1. The third-order valence-electron chi connectivity index (χ3n) is 5.46. The van der Waals surface area contributed by atoms with Crippen LogP contribution >= 0.6 is 12.2 Å². The molecule has 170 valence electrons. The average Bonchev–Trinajstić information content (AvgIpc) is 2.80. The molecular weight excluding hydrogens is 432 g/mol. The van der Waals surface area contributed by atoms with E-state index >= 15 is 0 Å². The Balaban J connectivity index is 1.73. The number of phenols is 1. The molecule has 1 aliphatic rings. The van der Waals surface area contributed by atoms with E-state index in [1.54, 1.807) is 18.2 Å². The first-order chi connectivity index (χ1) is 15.3. The number of aromatic hydroxyl groups is 1. The van der Waals surface area contributed by atoms with Crippen LogP contribution in [0.1, 0.15) is 42.1 Å². The Labute approximate surface area is 191 Å². The second-order valence-electron chi connectivity index (χ2n) is 7.55. The number of carbonyl (C=O) groups excluding carboxylic acids is 1. The number of hydrogen-bond acceptors (Lipinski definition) is 7. The highest BCUT2D eigenvalue weighted by Crippen LogP contribution is 2.31. The summed E-state index contributed by atoms with van der Waals surface area (Å²) in [5, 5.41) is 27.0. The van der Waals surface area contributed by atoms with E-state index in [0.29, 0.717) is 43.6 Å². The molecule has 0 saturated carbocycles. The van der Waals surface area contributed by atoms with E-state index in [-0.39, 0.29) is 22.1 Å². The first-order valence-electron chi connectivity index (χ1n) is 10.4. The molecule has 9 nitrogen and oxygen atoms in total. The third kappa shape index (κ3) is 5.51. The van der Waals surface area contributed by atoms with Crippen molar-refractivity contribution in [3.05, 3.63) is 57.6 Å².